The Kier molecular flexibility index (Phi) is 4.30. The maximum absolute atomic E-state index is 12.3. The van der Waals surface area contributed by atoms with Gasteiger partial charge in [-0.1, -0.05) is 12.1 Å². The fourth-order valence-electron chi connectivity index (χ4n) is 2.82. The van der Waals surface area contributed by atoms with Crippen LogP contribution in [0.3, 0.4) is 0 Å². The van der Waals surface area contributed by atoms with E-state index in [1.54, 1.807) is 23.0 Å². The summed E-state index contributed by atoms with van der Waals surface area (Å²) >= 11 is 0. The summed E-state index contributed by atoms with van der Waals surface area (Å²) in [7, 11) is 0. The van der Waals surface area contributed by atoms with E-state index < -0.39 is 0 Å². The van der Waals surface area contributed by atoms with E-state index in [9.17, 15) is 4.79 Å². The average molecular weight is 337 g/mol. The summed E-state index contributed by atoms with van der Waals surface area (Å²) in [4.78, 5) is 16.8. The minimum absolute atomic E-state index is 0.168. The summed E-state index contributed by atoms with van der Waals surface area (Å²) in [6.45, 7) is 2.78. The molecule has 2 aromatic heterocycles. The fraction of sp³-hybridized carbons (Fsp3) is 0.278. The number of hydrogen-bond acceptors (Lipinski definition) is 5. The second-order valence-corrected chi connectivity index (χ2v) is 5.87. The molecule has 4 bridgehead atoms. The highest BCUT2D eigenvalue weighted by atomic mass is 16.5. The molecule has 0 unspecified atom stereocenters. The number of nitrogens with one attached hydrogen (secondary N) is 2. The summed E-state index contributed by atoms with van der Waals surface area (Å²) in [5.74, 6) is 0.637. The molecule has 25 heavy (non-hydrogen) atoms. The van der Waals surface area contributed by atoms with Crippen molar-refractivity contribution in [3.8, 4) is 16.9 Å². The van der Waals surface area contributed by atoms with E-state index in [2.05, 4.69) is 20.7 Å². The normalized spacial score (nSPS) is 15.8. The van der Waals surface area contributed by atoms with Crippen molar-refractivity contribution >= 4 is 11.6 Å². The zero-order valence-corrected chi connectivity index (χ0v) is 13.7. The van der Waals surface area contributed by atoms with Gasteiger partial charge in [-0.05, 0) is 36.7 Å². The van der Waals surface area contributed by atoms with Crippen molar-refractivity contribution < 1.29 is 9.53 Å². The number of carbonyl (C=O) groups is 1. The summed E-state index contributed by atoms with van der Waals surface area (Å²) < 4.78 is 7.49. The first-order chi connectivity index (χ1) is 12.3. The molecule has 7 heteroatoms. The van der Waals surface area contributed by atoms with Gasteiger partial charge in [-0.2, -0.15) is 5.10 Å². The lowest BCUT2D eigenvalue weighted by Gasteiger charge is -2.10. The molecule has 4 rings (SSSR count). The van der Waals surface area contributed by atoms with Crippen LogP contribution < -0.4 is 15.4 Å². The summed E-state index contributed by atoms with van der Waals surface area (Å²) in [5, 5.41) is 10.5. The van der Waals surface area contributed by atoms with E-state index in [0.29, 0.717) is 24.5 Å². The van der Waals surface area contributed by atoms with Crippen LogP contribution >= 0.6 is 0 Å². The first-order valence-corrected chi connectivity index (χ1v) is 8.38. The molecule has 0 aliphatic carbocycles. The SMILES string of the molecule is O=C1NCCCNCCOc2cccc(c2)-c2cnn3ccc1nc23. The second-order valence-electron chi connectivity index (χ2n) is 5.87. The molecule has 2 N–H and O–H groups in total. The van der Waals surface area contributed by atoms with Gasteiger partial charge < -0.3 is 15.4 Å². The molecule has 0 saturated heterocycles. The van der Waals surface area contributed by atoms with E-state index in [0.717, 1.165) is 36.4 Å². The van der Waals surface area contributed by atoms with Crippen molar-refractivity contribution in [3.05, 3.63) is 48.4 Å². The number of nitrogens with zero attached hydrogens (tertiary/aromatic N) is 3. The predicted octanol–water partition coefficient (Wildman–Crippen LogP) is 1.50. The third-order valence-corrected chi connectivity index (χ3v) is 4.11. The monoisotopic (exact) mass is 337 g/mol. The molecule has 1 aromatic carbocycles. The van der Waals surface area contributed by atoms with Crippen molar-refractivity contribution in [1.82, 2.24) is 25.2 Å². The summed E-state index contributed by atoms with van der Waals surface area (Å²) in [5.41, 5.74) is 2.86. The number of aromatic nitrogens is 3. The number of hydrogen-bond donors (Lipinski definition) is 2. The lowest BCUT2D eigenvalue weighted by molar-refractivity contribution is 0.0948. The Balaban J connectivity index is 1.77. The van der Waals surface area contributed by atoms with Crippen LogP contribution in [0.1, 0.15) is 16.9 Å². The molecular weight excluding hydrogens is 318 g/mol. The fourth-order valence-corrected chi connectivity index (χ4v) is 2.82. The molecule has 1 amide bonds. The van der Waals surface area contributed by atoms with Gasteiger partial charge in [0.15, 0.2) is 5.65 Å². The number of fused-ring (bicyclic) bond motifs is 4. The molecule has 3 aromatic rings. The Morgan fingerprint density at radius 2 is 2.12 bits per heavy atom. The standard InChI is InChI=1S/C18H19N5O2/c24-18-16-5-9-23-17(22-16)15(12-21-23)13-3-1-4-14(11-13)25-10-8-19-6-2-7-20-18/h1,3-5,9,11-12,19H,2,6-8,10H2,(H,20,24). The molecule has 0 atom stereocenters. The van der Waals surface area contributed by atoms with Crippen LogP contribution in [-0.2, 0) is 0 Å². The maximum Gasteiger partial charge on any atom is 0.270 e. The minimum Gasteiger partial charge on any atom is -0.492 e. The van der Waals surface area contributed by atoms with Crippen molar-refractivity contribution in [2.75, 3.05) is 26.2 Å². The van der Waals surface area contributed by atoms with Gasteiger partial charge in [-0.15, -0.1) is 0 Å². The first-order valence-electron chi connectivity index (χ1n) is 8.38. The molecule has 0 fully saturated rings. The van der Waals surface area contributed by atoms with Crippen LogP contribution in [0.2, 0.25) is 0 Å². The van der Waals surface area contributed by atoms with Crippen LogP contribution in [0.4, 0.5) is 0 Å². The predicted molar refractivity (Wildman–Crippen MR) is 93.7 cm³/mol. The van der Waals surface area contributed by atoms with Crippen LogP contribution in [0.15, 0.2) is 42.7 Å². The highest BCUT2D eigenvalue weighted by Crippen LogP contribution is 2.26. The number of amides is 1. The van der Waals surface area contributed by atoms with Crippen LogP contribution in [0.25, 0.3) is 16.8 Å². The van der Waals surface area contributed by atoms with Gasteiger partial charge in [-0.3, -0.25) is 4.79 Å². The van der Waals surface area contributed by atoms with Gasteiger partial charge in [-0.25, -0.2) is 9.50 Å². The van der Waals surface area contributed by atoms with Crippen LogP contribution in [0, 0.1) is 0 Å². The number of ether oxygens (including phenoxy) is 1. The molecule has 7 nitrogen and oxygen atoms in total. The van der Waals surface area contributed by atoms with E-state index in [1.807, 2.05) is 24.3 Å². The van der Waals surface area contributed by atoms with Gasteiger partial charge in [0.05, 0.1) is 6.20 Å². The highest BCUT2D eigenvalue weighted by molar-refractivity contribution is 5.93. The van der Waals surface area contributed by atoms with Crippen molar-refractivity contribution in [3.63, 3.8) is 0 Å². The lowest BCUT2D eigenvalue weighted by atomic mass is 10.1. The van der Waals surface area contributed by atoms with Crippen molar-refractivity contribution in [1.29, 1.82) is 0 Å². The number of rotatable bonds is 0. The topological polar surface area (TPSA) is 80.5 Å². The largest absolute Gasteiger partial charge is 0.492 e. The minimum atomic E-state index is -0.168. The average Bonchev–Trinajstić information content (AvgIpc) is 3.06. The van der Waals surface area contributed by atoms with Crippen LogP contribution in [-0.4, -0.2) is 46.7 Å². The zero-order chi connectivity index (χ0) is 17.1. The molecule has 3 heterocycles. The summed E-state index contributed by atoms with van der Waals surface area (Å²) in [6.07, 6.45) is 4.36. The first kappa shape index (κ1) is 15.6. The van der Waals surface area contributed by atoms with E-state index in [4.69, 9.17) is 4.74 Å². The van der Waals surface area contributed by atoms with Crippen LogP contribution in [0.5, 0.6) is 5.75 Å². The van der Waals surface area contributed by atoms with Crippen molar-refractivity contribution in [2.45, 2.75) is 6.42 Å². The van der Waals surface area contributed by atoms with Gasteiger partial charge in [0.25, 0.3) is 5.91 Å². The molecule has 0 radical (unpaired) electrons. The molecule has 1 aliphatic heterocycles. The van der Waals surface area contributed by atoms with Gasteiger partial charge in [0, 0.05) is 24.8 Å². The quantitative estimate of drug-likeness (QED) is 0.650. The van der Waals surface area contributed by atoms with E-state index in [-0.39, 0.29) is 5.91 Å². The number of carbonyl (C=O) groups excluding carboxylic acids is 1. The number of benzene rings is 1. The summed E-state index contributed by atoms with van der Waals surface area (Å²) in [6, 6.07) is 9.52. The molecule has 128 valence electrons. The third kappa shape index (κ3) is 3.32. The van der Waals surface area contributed by atoms with E-state index >= 15 is 0 Å². The molecule has 0 saturated carbocycles. The van der Waals surface area contributed by atoms with E-state index in [1.165, 1.54) is 0 Å². The Hall–Kier alpha value is -2.93. The highest BCUT2D eigenvalue weighted by Gasteiger charge is 2.13. The van der Waals surface area contributed by atoms with Gasteiger partial charge in [0.2, 0.25) is 0 Å². The lowest BCUT2D eigenvalue weighted by Crippen LogP contribution is -2.29. The van der Waals surface area contributed by atoms with Crippen molar-refractivity contribution in [2.24, 2.45) is 0 Å². The maximum atomic E-state index is 12.3. The van der Waals surface area contributed by atoms with Gasteiger partial charge in [0.1, 0.15) is 18.1 Å². The Morgan fingerprint density at radius 1 is 1.16 bits per heavy atom. The second kappa shape index (κ2) is 6.90. The zero-order valence-electron chi connectivity index (χ0n) is 13.7. The Morgan fingerprint density at radius 3 is 3.08 bits per heavy atom. The Labute approximate surface area is 145 Å². The molecular formula is C18H19N5O2. The Bertz CT molecular complexity index is 905. The van der Waals surface area contributed by atoms with Gasteiger partial charge >= 0.3 is 0 Å². The molecule has 1 aliphatic rings. The smallest absolute Gasteiger partial charge is 0.270 e. The third-order valence-electron chi connectivity index (χ3n) is 4.11. The molecule has 0 spiro atoms.